The van der Waals surface area contributed by atoms with Gasteiger partial charge in [0.15, 0.2) is 0 Å². The number of nitrogens with one attached hydrogen (secondary N) is 2. The molecule has 0 aliphatic rings. The largest absolute Gasteiger partial charge is 0.361 e. The van der Waals surface area contributed by atoms with Crippen molar-refractivity contribution in [2.75, 3.05) is 11.9 Å². The lowest BCUT2D eigenvalue weighted by atomic mass is 10.2. The van der Waals surface area contributed by atoms with E-state index in [0.717, 1.165) is 23.0 Å². The SMILES string of the molecule is NCCCC(=O)Nc1cccc2[nH]ccc12. The van der Waals surface area contributed by atoms with Crippen molar-refractivity contribution < 1.29 is 4.79 Å². The first-order valence-corrected chi connectivity index (χ1v) is 5.37. The number of benzene rings is 1. The first-order chi connectivity index (χ1) is 7.81. The summed E-state index contributed by atoms with van der Waals surface area (Å²) in [4.78, 5) is 14.7. The van der Waals surface area contributed by atoms with Gasteiger partial charge in [-0.3, -0.25) is 4.79 Å². The number of anilines is 1. The summed E-state index contributed by atoms with van der Waals surface area (Å²) < 4.78 is 0. The van der Waals surface area contributed by atoms with Gasteiger partial charge in [0.2, 0.25) is 5.91 Å². The highest BCUT2D eigenvalue weighted by Crippen LogP contribution is 2.22. The first-order valence-electron chi connectivity index (χ1n) is 5.37. The quantitative estimate of drug-likeness (QED) is 0.731. The van der Waals surface area contributed by atoms with E-state index in [2.05, 4.69) is 10.3 Å². The molecule has 1 aromatic carbocycles. The number of H-pyrrole nitrogens is 1. The summed E-state index contributed by atoms with van der Waals surface area (Å²) in [7, 11) is 0. The van der Waals surface area contributed by atoms with Gasteiger partial charge in [0.25, 0.3) is 0 Å². The van der Waals surface area contributed by atoms with Crippen LogP contribution in [0, 0.1) is 0 Å². The molecular formula is C12H15N3O. The minimum atomic E-state index is 0.0131. The van der Waals surface area contributed by atoms with Gasteiger partial charge in [-0.05, 0) is 31.2 Å². The Morgan fingerprint density at radius 1 is 1.38 bits per heavy atom. The predicted molar refractivity (Wildman–Crippen MR) is 65.2 cm³/mol. The maximum Gasteiger partial charge on any atom is 0.224 e. The molecule has 84 valence electrons. The molecule has 1 amide bonds. The van der Waals surface area contributed by atoms with Gasteiger partial charge < -0.3 is 16.0 Å². The smallest absolute Gasteiger partial charge is 0.224 e. The van der Waals surface area contributed by atoms with Crippen LogP contribution >= 0.6 is 0 Å². The van der Waals surface area contributed by atoms with E-state index in [1.165, 1.54) is 0 Å². The van der Waals surface area contributed by atoms with Gasteiger partial charge in [0, 0.05) is 23.5 Å². The van der Waals surface area contributed by atoms with Crippen LogP contribution in [0.2, 0.25) is 0 Å². The van der Waals surface area contributed by atoms with Crippen molar-refractivity contribution in [3.8, 4) is 0 Å². The van der Waals surface area contributed by atoms with Gasteiger partial charge in [0.1, 0.15) is 0 Å². The van der Waals surface area contributed by atoms with Gasteiger partial charge in [-0.1, -0.05) is 6.07 Å². The number of aromatic amines is 1. The van der Waals surface area contributed by atoms with Gasteiger partial charge in [0.05, 0.1) is 5.69 Å². The Morgan fingerprint density at radius 2 is 2.25 bits per heavy atom. The van der Waals surface area contributed by atoms with Crippen molar-refractivity contribution in [1.82, 2.24) is 4.98 Å². The second-order valence-electron chi connectivity index (χ2n) is 3.68. The molecule has 0 aliphatic carbocycles. The summed E-state index contributed by atoms with van der Waals surface area (Å²) in [6, 6.07) is 7.74. The third-order valence-corrected chi connectivity index (χ3v) is 2.48. The molecule has 2 rings (SSSR count). The van der Waals surface area contributed by atoms with Gasteiger partial charge >= 0.3 is 0 Å². The van der Waals surface area contributed by atoms with Crippen LogP contribution in [-0.2, 0) is 4.79 Å². The van der Waals surface area contributed by atoms with Crippen LogP contribution < -0.4 is 11.1 Å². The molecule has 0 saturated heterocycles. The number of carbonyl (C=O) groups excluding carboxylic acids is 1. The van der Waals surface area contributed by atoms with Crippen LogP contribution in [0.4, 0.5) is 5.69 Å². The fraction of sp³-hybridized carbons (Fsp3) is 0.250. The third-order valence-electron chi connectivity index (χ3n) is 2.48. The predicted octanol–water partition coefficient (Wildman–Crippen LogP) is 1.85. The number of aromatic nitrogens is 1. The molecule has 4 heteroatoms. The van der Waals surface area contributed by atoms with Crippen molar-refractivity contribution in [2.24, 2.45) is 5.73 Å². The van der Waals surface area contributed by atoms with Crippen LogP contribution in [0.15, 0.2) is 30.5 Å². The summed E-state index contributed by atoms with van der Waals surface area (Å²) in [5.74, 6) is 0.0131. The zero-order chi connectivity index (χ0) is 11.4. The van der Waals surface area contributed by atoms with E-state index in [9.17, 15) is 4.79 Å². The second-order valence-corrected chi connectivity index (χ2v) is 3.68. The van der Waals surface area contributed by atoms with Crippen LogP contribution in [0.5, 0.6) is 0 Å². The summed E-state index contributed by atoms with van der Waals surface area (Å²) in [6.45, 7) is 0.543. The molecule has 0 unspecified atom stereocenters. The standard InChI is InChI=1S/C12H15N3O/c13-7-2-5-12(16)15-11-4-1-3-10-9(11)6-8-14-10/h1,3-4,6,8,14H,2,5,7,13H2,(H,15,16). The Morgan fingerprint density at radius 3 is 3.06 bits per heavy atom. The van der Waals surface area contributed by atoms with E-state index in [1.807, 2.05) is 30.5 Å². The number of carbonyl (C=O) groups is 1. The van der Waals surface area contributed by atoms with E-state index in [4.69, 9.17) is 5.73 Å². The molecule has 4 nitrogen and oxygen atoms in total. The van der Waals surface area contributed by atoms with E-state index in [1.54, 1.807) is 0 Å². The summed E-state index contributed by atoms with van der Waals surface area (Å²) in [5, 5.41) is 3.92. The molecule has 0 saturated carbocycles. The zero-order valence-corrected chi connectivity index (χ0v) is 8.99. The Hall–Kier alpha value is -1.81. The summed E-state index contributed by atoms with van der Waals surface area (Å²) >= 11 is 0. The lowest BCUT2D eigenvalue weighted by molar-refractivity contribution is -0.116. The highest BCUT2D eigenvalue weighted by Gasteiger charge is 2.05. The molecular weight excluding hydrogens is 202 g/mol. The fourth-order valence-electron chi connectivity index (χ4n) is 1.67. The molecule has 0 atom stereocenters. The average molecular weight is 217 g/mol. The molecule has 0 bridgehead atoms. The van der Waals surface area contributed by atoms with Crippen molar-refractivity contribution in [3.63, 3.8) is 0 Å². The molecule has 1 heterocycles. The normalized spacial score (nSPS) is 10.6. The second kappa shape index (κ2) is 4.81. The molecule has 0 spiro atoms. The van der Waals surface area contributed by atoms with E-state index >= 15 is 0 Å². The van der Waals surface area contributed by atoms with E-state index in [-0.39, 0.29) is 5.91 Å². The number of rotatable bonds is 4. The number of amides is 1. The molecule has 0 radical (unpaired) electrons. The molecule has 1 aromatic heterocycles. The maximum absolute atomic E-state index is 11.6. The number of nitrogens with two attached hydrogens (primary N) is 1. The molecule has 4 N–H and O–H groups in total. The maximum atomic E-state index is 11.6. The fourth-order valence-corrected chi connectivity index (χ4v) is 1.67. The van der Waals surface area contributed by atoms with Crippen molar-refractivity contribution >= 4 is 22.5 Å². The Kier molecular flexibility index (Phi) is 3.22. The zero-order valence-electron chi connectivity index (χ0n) is 8.99. The topological polar surface area (TPSA) is 70.9 Å². The minimum Gasteiger partial charge on any atom is -0.361 e. The number of hydrogen-bond acceptors (Lipinski definition) is 2. The molecule has 2 aromatic rings. The van der Waals surface area contributed by atoms with Crippen molar-refractivity contribution in [3.05, 3.63) is 30.5 Å². The van der Waals surface area contributed by atoms with Crippen LogP contribution in [0.1, 0.15) is 12.8 Å². The molecule has 0 fully saturated rings. The van der Waals surface area contributed by atoms with E-state index < -0.39 is 0 Å². The lowest BCUT2D eigenvalue weighted by Gasteiger charge is -2.05. The third kappa shape index (κ3) is 2.23. The van der Waals surface area contributed by atoms with Crippen molar-refractivity contribution in [1.29, 1.82) is 0 Å². The average Bonchev–Trinajstić information content (AvgIpc) is 2.75. The van der Waals surface area contributed by atoms with Gasteiger partial charge in [-0.15, -0.1) is 0 Å². The van der Waals surface area contributed by atoms with Crippen LogP contribution in [-0.4, -0.2) is 17.4 Å². The minimum absolute atomic E-state index is 0.0131. The highest BCUT2D eigenvalue weighted by atomic mass is 16.1. The summed E-state index contributed by atoms with van der Waals surface area (Å²) in [6.07, 6.45) is 3.05. The monoisotopic (exact) mass is 217 g/mol. The molecule has 16 heavy (non-hydrogen) atoms. The Labute approximate surface area is 93.8 Å². The highest BCUT2D eigenvalue weighted by molar-refractivity contribution is 6.01. The summed E-state index contributed by atoms with van der Waals surface area (Å²) in [5.41, 5.74) is 7.23. The Balaban J connectivity index is 2.14. The van der Waals surface area contributed by atoms with Gasteiger partial charge in [-0.25, -0.2) is 0 Å². The van der Waals surface area contributed by atoms with Crippen LogP contribution in [0.25, 0.3) is 10.9 Å². The first kappa shape index (κ1) is 10.7. The van der Waals surface area contributed by atoms with Crippen molar-refractivity contribution in [2.45, 2.75) is 12.8 Å². The number of fused-ring (bicyclic) bond motifs is 1. The molecule has 0 aliphatic heterocycles. The van der Waals surface area contributed by atoms with Crippen LogP contribution in [0.3, 0.4) is 0 Å². The number of hydrogen-bond donors (Lipinski definition) is 3. The van der Waals surface area contributed by atoms with Gasteiger partial charge in [-0.2, -0.15) is 0 Å². The Bertz CT molecular complexity index is 490. The van der Waals surface area contributed by atoms with E-state index in [0.29, 0.717) is 13.0 Å². The lowest BCUT2D eigenvalue weighted by Crippen LogP contribution is -2.13.